The number of carbonyl (C=O) groups is 1. The van der Waals surface area contributed by atoms with Gasteiger partial charge < -0.3 is 9.08 Å². The molecule has 0 radical (unpaired) electrons. The van der Waals surface area contributed by atoms with Crippen molar-refractivity contribution in [2.75, 3.05) is 13.1 Å². The summed E-state index contributed by atoms with van der Waals surface area (Å²) in [4.78, 5) is 24.1. The summed E-state index contributed by atoms with van der Waals surface area (Å²) in [7, 11) is -4.24. The molecule has 0 bridgehead atoms. The van der Waals surface area contributed by atoms with Crippen molar-refractivity contribution in [2.24, 2.45) is 0 Å². The van der Waals surface area contributed by atoms with E-state index in [-0.39, 0.29) is 22.2 Å². The van der Waals surface area contributed by atoms with Crippen molar-refractivity contribution < 1.29 is 22.3 Å². The lowest BCUT2D eigenvalue weighted by Gasteiger charge is -2.21. The monoisotopic (exact) mass is 406 g/mol. The molecular formula is C19H22N2O6S. The van der Waals surface area contributed by atoms with E-state index in [0.29, 0.717) is 18.7 Å². The minimum Gasteiger partial charge on any atom is -0.379 e. The van der Waals surface area contributed by atoms with Crippen LogP contribution in [-0.4, -0.2) is 37.2 Å². The van der Waals surface area contributed by atoms with Gasteiger partial charge in [-0.25, -0.2) is 0 Å². The first-order valence-electron chi connectivity index (χ1n) is 8.86. The van der Waals surface area contributed by atoms with Crippen molar-refractivity contribution in [1.82, 2.24) is 4.90 Å². The average Bonchev–Trinajstić information content (AvgIpc) is 2.67. The smallest absolute Gasteiger partial charge is 0.339 e. The molecule has 0 saturated carbocycles. The zero-order valence-electron chi connectivity index (χ0n) is 15.7. The number of carbonyl (C=O) groups excluding carboxylic acids is 1. The largest absolute Gasteiger partial charge is 0.379 e. The van der Waals surface area contributed by atoms with Gasteiger partial charge >= 0.3 is 10.1 Å². The molecule has 0 aromatic heterocycles. The molecule has 0 fully saturated rings. The van der Waals surface area contributed by atoms with E-state index in [1.807, 2.05) is 13.8 Å². The van der Waals surface area contributed by atoms with Crippen LogP contribution in [0.15, 0.2) is 53.4 Å². The first-order valence-corrected chi connectivity index (χ1v) is 10.3. The van der Waals surface area contributed by atoms with E-state index in [1.165, 1.54) is 42.5 Å². The van der Waals surface area contributed by atoms with Crippen LogP contribution in [-0.2, 0) is 10.1 Å². The normalized spacial score (nSPS) is 11.1. The summed E-state index contributed by atoms with van der Waals surface area (Å²) < 4.78 is 29.7. The Balaban J connectivity index is 2.18. The molecule has 9 heteroatoms. The number of hydrogen-bond donors (Lipinski definition) is 0. The zero-order valence-corrected chi connectivity index (χ0v) is 16.5. The Kier molecular flexibility index (Phi) is 7.11. The summed E-state index contributed by atoms with van der Waals surface area (Å²) >= 11 is 0. The second kappa shape index (κ2) is 9.32. The van der Waals surface area contributed by atoms with Crippen LogP contribution in [0.3, 0.4) is 0 Å². The van der Waals surface area contributed by atoms with Crippen LogP contribution in [0.25, 0.3) is 0 Å². The number of benzene rings is 2. The molecule has 1 amide bonds. The Morgan fingerprint density at radius 1 is 1.07 bits per heavy atom. The van der Waals surface area contributed by atoms with Crippen LogP contribution >= 0.6 is 0 Å². The predicted octanol–water partition coefficient (Wildman–Crippen LogP) is 3.62. The lowest BCUT2D eigenvalue weighted by molar-refractivity contribution is -0.385. The number of hydrogen-bond acceptors (Lipinski definition) is 6. The highest BCUT2D eigenvalue weighted by Gasteiger charge is 2.20. The van der Waals surface area contributed by atoms with Crippen LogP contribution < -0.4 is 4.18 Å². The molecule has 0 heterocycles. The maximum atomic E-state index is 12.5. The van der Waals surface area contributed by atoms with Gasteiger partial charge in [-0.1, -0.05) is 19.9 Å². The highest BCUT2D eigenvalue weighted by molar-refractivity contribution is 7.87. The van der Waals surface area contributed by atoms with Gasteiger partial charge in [-0.3, -0.25) is 14.9 Å². The molecule has 0 aliphatic rings. The summed E-state index contributed by atoms with van der Waals surface area (Å²) in [6, 6.07) is 10.4. The SMILES string of the molecule is CCCN(CCC)C(=O)c1ccc(OS(=O)(=O)c2cccc([N+](=O)[O-])c2)cc1. The fraction of sp³-hybridized carbons (Fsp3) is 0.316. The van der Waals surface area contributed by atoms with Crippen molar-refractivity contribution in [3.05, 3.63) is 64.2 Å². The molecular weight excluding hydrogens is 384 g/mol. The summed E-state index contributed by atoms with van der Waals surface area (Å²) in [6.45, 7) is 5.27. The van der Waals surface area contributed by atoms with Gasteiger partial charge in [-0.15, -0.1) is 0 Å². The summed E-state index contributed by atoms with van der Waals surface area (Å²) in [5, 5.41) is 10.8. The van der Waals surface area contributed by atoms with Crippen molar-refractivity contribution in [2.45, 2.75) is 31.6 Å². The van der Waals surface area contributed by atoms with Gasteiger partial charge in [0.05, 0.1) is 4.92 Å². The van der Waals surface area contributed by atoms with Gasteiger partial charge in [0.25, 0.3) is 11.6 Å². The number of nitrogens with zero attached hydrogens (tertiary/aromatic N) is 2. The van der Waals surface area contributed by atoms with Crippen LogP contribution in [0, 0.1) is 10.1 Å². The highest BCUT2D eigenvalue weighted by Crippen LogP contribution is 2.22. The topological polar surface area (TPSA) is 107 Å². The average molecular weight is 406 g/mol. The van der Waals surface area contributed by atoms with Gasteiger partial charge in [0.2, 0.25) is 0 Å². The van der Waals surface area contributed by atoms with Crippen LogP contribution in [0.4, 0.5) is 5.69 Å². The van der Waals surface area contributed by atoms with Crippen molar-refractivity contribution >= 4 is 21.7 Å². The van der Waals surface area contributed by atoms with Crippen LogP contribution in [0.2, 0.25) is 0 Å². The minimum atomic E-state index is -4.24. The van der Waals surface area contributed by atoms with E-state index in [2.05, 4.69) is 0 Å². The Morgan fingerprint density at radius 3 is 2.21 bits per heavy atom. The number of nitro groups is 1. The fourth-order valence-corrected chi connectivity index (χ4v) is 3.59. The third-order valence-electron chi connectivity index (χ3n) is 3.90. The Morgan fingerprint density at radius 2 is 1.68 bits per heavy atom. The quantitative estimate of drug-likeness (QED) is 0.358. The lowest BCUT2D eigenvalue weighted by atomic mass is 10.2. The van der Waals surface area contributed by atoms with Gasteiger partial charge in [0.1, 0.15) is 10.6 Å². The second-order valence-electron chi connectivity index (χ2n) is 6.11. The molecule has 28 heavy (non-hydrogen) atoms. The van der Waals surface area contributed by atoms with E-state index < -0.39 is 15.0 Å². The Bertz CT molecular complexity index is 935. The molecule has 0 atom stereocenters. The maximum Gasteiger partial charge on any atom is 0.339 e. The van der Waals surface area contributed by atoms with Gasteiger partial charge in [-0.05, 0) is 43.2 Å². The van der Waals surface area contributed by atoms with Gasteiger partial charge in [0, 0.05) is 30.8 Å². The molecule has 150 valence electrons. The van der Waals surface area contributed by atoms with E-state index in [0.717, 1.165) is 18.9 Å². The third-order valence-corrected chi connectivity index (χ3v) is 5.14. The zero-order chi connectivity index (χ0) is 20.7. The van der Waals surface area contributed by atoms with Crippen LogP contribution in [0.5, 0.6) is 5.75 Å². The summed E-state index contributed by atoms with van der Waals surface area (Å²) in [5.41, 5.74) is 0.0829. The Labute approximate surface area is 164 Å². The van der Waals surface area contributed by atoms with Gasteiger partial charge in [-0.2, -0.15) is 8.42 Å². The molecule has 2 aromatic carbocycles. The molecule has 8 nitrogen and oxygen atoms in total. The lowest BCUT2D eigenvalue weighted by Crippen LogP contribution is -2.32. The number of rotatable bonds is 9. The van der Waals surface area contributed by atoms with E-state index in [1.54, 1.807) is 4.90 Å². The number of nitro benzene ring substituents is 1. The minimum absolute atomic E-state index is 0.0144. The van der Waals surface area contributed by atoms with Crippen molar-refractivity contribution in [1.29, 1.82) is 0 Å². The van der Waals surface area contributed by atoms with Crippen LogP contribution in [0.1, 0.15) is 37.0 Å². The van der Waals surface area contributed by atoms with E-state index in [4.69, 9.17) is 4.18 Å². The third kappa shape index (κ3) is 5.29. The summed E-state index contributed by atoms with van der Waals surface area (Å²) in [5.74, 6) is -0.114. The Hall–Kier alpha value is -2.94. The molecule has 0 aliphatic carbocycles. The molecule has 2 aromatic rings. The molecule has 0 saturated heterocycles. The second-order valence-corrected chi connectivity index (χ2v) is 7.65. The number of amides is 1. The first-order chi connectivity index (χ1) is 13.3. The van der Waals surface area contributed by atoms with E-state index in [9.17, 15) is 23.3 Å². The van der Waals surface area contributed by atoms with Gasteiger partial charge in [0.15, 0.2) is 0 Å². The molecule has 0 spiro atoms. The summed E-state index contributed by atoms with van der Waals surface area (Å²) in [6.07, 6.45) is 1.68. The highest BCUT2D eigenvalue weighted by atomic mass is 32.2. The number of non-ortho nitro benzene ring substituents is 1. The fourth-order valence-electron chi connectivity index (χ4n) is 2.62. The first kappa shape index (κ1) is 21.4. The predicted molar refractivity (Wildman–Crippen MR) is 104 cm³/mol. The molecule has 0 unspecified atom stereocenters. The maximum absolute atomic E-state index is 12.5. The van der Waals surface area contributed by atoms with Crippen molar-refractivity contribution in [3.8, 4) is 5.75 Å². The molecule has 0 N–H and O–H groups in total. The standard InChI is InChI=1S/C19H22N2O6S/c1-3-12-20(13-4-2)19(22)15-8-10-17(11-9-15)27-28(25,26)18-7-5-6-16(14-18)21(23)24/h5-11,14H,3-4,12-13H2,1-2H3. The van der Waals surface area contributed by atoms with Crippen molar-refractivity contribution in [3.63, 3.8) is 0 Å². The molecule has 2 rings (SSSR count). The van der Waals surface area contributed by atoms with E-state index >= 15 is 0 Å². The molecule has 0 aliphatic heterocycles.